The van der Waals surface area contributed by atoms with E-state index in [1.54, 1.807) is 7.11 Å². The molecule has 20 heavy (non-hydrogen) atoms. The van der Waals surface area contributed by atoms with Crippen molar-refractivity contribution in [3.05, 3.63) is 35.0 Å². The van der Waals surface area contributed by atoms with Gasteiger partial charge >= 0.3 is 0 Å². The van der Waals surface area contributed by atoms with Crippen LogP contribution < -0.4 is 10.5 Å². The summed E-state index contributed by atoms with van der Waals surface area (Å²) in [5.74, 6) is 2.23. The molecule has 0 saturated carbocycles. The van der Waals surface area contributed by atoms with Crippen LogP contribution in [0.15, 0.2) is 18.2 Å². The van der Waals surface area contributed by atoms with Gasteiger partial charge in [0.05, 0.1) is 7.11 Å². The lowest BCUT2D eigenvalue weighted by molar-refractivity contribution is 0.412. The van der Waals surface area contributed by atoms with E-state index in [1.807, 2.05) is 25.1 Å². The number of nitrogen functional groups attached to an aromatic ring is 1. The Morgan fingerprint density at radius 3 is 2.70 bits per heavy atom. The second kappa shape index (κ2) is 5.12. The Bertz CT molecular complexity index is 652. The van der Waals surface area contributed by atoms with Gasteiger partial charge in [-0.3, -0.25) is 0 Å². The number of fused-ring (bicyclic) bond motifs is 1. The van der Waals surface area contributed by atoms with Crippen molar-refractivity contribution >= 4 is 5.82 Å². The minimum absolute atomic E-state index is 0.637. The number of nitrogens with two attached hydrogens (primary N) is 1. The van der Waals surface area contributed by atoms with E-state index in [-0.39, 0.29) is 0 Å². The molecule has 104 valence electrons. The summed E-state index contributed by atoms with van der Waals surface area (Å²) < 4.78 is 5.28. The van der Waals surface area contributed by atoms with Crippen molar-refractivity contribution in [1.29, 1.82) is 0 Å². The molecule has 4 heteroatoms. The van der Waals surface area contributed by atoms with Gasteiger partial charge in [0.25, 0.3) is 0 Å². The number of hydrogen-bond donors (Lipinski definition) is 1. The van der Waals surface area contributed by atoms with Gasteiger partial charge in [0.15, 0.2) is 5.82 Å². The molecule has 2 N–H and O–H groups in total. The number of hydrogen-bond acceptors (Lipinski definition) is 4. The van der Waals surface area contributed by atoms with Gasteiger partial charge in [-0.2, -0.15) is 0 Å². The first-order chi connectivity index (χ1) is 9.69. The zero-order valence-electron chi connectivity index (χ0n) is 11.9. The molecule has 3 rings (SSSR count). The van der Waals surface area contributed by atoms with Gasteiger partial charge in [-0.1, -0.05) is 0 Å². The first-order valence-corrected chi connectivity index (χ1v) is 6.99. The van der Waals surface area contributed by atoms with E-state index in [1.165, 1.54) is 12.8 Å². The number of benzene rings is 1. The maximum Gasteiger partial charge on any atom is 0.161 e. The molecule has 0 bridgehead atoms. The second-order valence-corrected chi connectivity index (χ2v) is 5.25. The molecule has 1 aromatic carbocycles. The van der Waals surface area contributed by atoms with Crippen molar-refractivity contribution in [2.45, 2.75) is 32.6 Å². The topological polar surface area (TPSA) is 61.0 Å². The molecular formula is C16H19N3O. The van der Waals surface area contributed by atoms with Gasteiger partial charge < -0.3 is 10.5 Å². The summed E-state index contributed by atoms with van der Waals surface area (Å²) in [4.78, 5) is 9.19. The molecule has 2 aromatic rings. The van der Waals surface area contributed by atoms with Crippen LogP contribution in [0.1, 0.15) is 29.7 Å². The van der Waals surface area contributed by atoms with E-state index < -0.39 is 0 Å². The van der Waals surface area contributed by atoms with Crippen LogP contribution in [0.5, 0.6) is 5.75 Å². The Morgan fingerprint density at radius 2 is 1.95 bits per heavy atom. The molecule has 0 radical (unpaired) electrons. The maximum absolute atomic E-state index is 6.10. The van der Waals surface area contributed by atoms with E-state index in [2.05, 4.69) is 4.98 Å². The molecule has 1 aliphatic rings. The molecule has 0 amide bonds. The first-order valence-electron chi connectivity index (χ1n) is 6.99. The highest BCUT2D eigenvalue weighted by Gasteiger charge is 2.17. The van der Waals surface area contributed by atoms with Crippen molar-refractivity contribution in [1.82, 2.24) is 9.97 Å². The molecule has 1 heterocycles. The first kappa shape index (κ1) is 12.9. The number of anilines is 1. The third-order valence-corrected chi connectivity index (χ3v) is 3.87. The zero-order valence-corrected chi connectivity index (χ0v) is 11.9. The number of aromatic nitrogens is 2. The number of aryl methyl sites for hydroxylation is 2. The quantitative estimate of drug-likeness (QED) is 0.910. The Kier molecular flexibility index (Phi) is 3.30. The second-order valence-electron chi connectivity index (χ2n) is 5.25. The molecule has 4 nitrogen and oxygen atoms in total. The minimum atomic E-state index is 0.637. The van der Waals surface area contributed by atoms with Gasteiger partial charge in [-0.15, -0.1) is 0 Å². The van der Waals surface area contributed by atoms with Crippen LogP contribution in [-0.2, 0) is 12.8 Å². The summed E-state index contributed by atoms with van der Waals surface area (Å²) >= 11 is 0. The fraction of sp³-hybridized carbons (Fsp3) is 0.375. The summed E-state index contributed by atoms with van der Waals surface area (Å²) in [6, 6.07) is 5.97. The van der Waals surface area contributed by atoms with Crippen LogP contribution in [0.25, 0.3) is 11.4 Å². The van der Waals surface area contributed by atoms with E-state index in [9.17, 15) is 0 Å². The number of nitrogens with zero attached hydrogens (tertiary/aromatic N) is 2. The van der Waals surface area contributed by atoms with Gasteiger partial charge in [0, 0.05) is 16.8 Å². The van der Waals surface area contributed by atoms with Gasteiger partial charge in [-0.25, -0.2) is 9.97 Å². The third kappa shape index (κ3) is 2.22. The Balaban J connectivity index is 2.06. The average Bonchev–Trinajstić information content (AvgIpc) is 2.47. The van der Waals surface area contributed by atoms with Crippen molar-refractivity contribution in [2.75, 3.05) is 12.8 Å². The van der Waals surface area contributed by atoms with Crippen LogP contribution in [0.2, 0.25) is 0 Å². The fourth-order valence-corrected chi connectivity index (χ4v) is 2.77. The largest absolute Gasteiger partial charge is 0.496 e. The third-order valence-electron chi connectivity index (χ3n) is 3.87. The molecular weight excluding hydrogens is 250 g/mol. The monoisotopic (exact) mass is 269 g/mol. The van der Waals surface area contributed by atoms with Crippen molar-refractivity contribution < 1.29 is 4.74 Å². The highest BCUT2D eigenvalue weighted by Crippen LogP contribution is 2.28. The Labute approximate surface area is 119 Å². The minimum Gasteiger partial charge on any atom is -0.496 e. The van der Waals surface area contributed by atoms with E-state index >= 15 is 0 Å². The maximum atomic E-state index is 6.10. The van der Waals surface area contributed by atoms with Gasteiger partial charge in [0.1, 0.15) is 11.6 Å². The molecule has 0 unspecified atom stereocenters. The SMILES string of the molecule is COc1ccc(-c2nc(N)c3c(n2)CCCC3)cc1C. The van der Waals surface area contributed by atoms with Crippen LogP contribution in [0.3, 0.4) is 0 Å². The molecule has 0 fully saturated rings. The van der Waals surface area contributed by atoms with Crippen molar-refractivity contribution in [3.8, 4) is 17.1 Å². The average molecular weight is 269 g/mol. The summed E-state index contributed by atoms with van der Waals surface area (Å²) in [7, 11) is 1.68. The smallest absolute Gasteiger partial charge is 0.161 e. The zero-order chi connectivity index (χ0) is 14.1. The van der Waals surface area contributed by atoms with Crippen molar-refractivity contribution in [2.24, 2.45) is 0 Å². The molecule has 0 aliphatic heterocycles. The van der Waals surface area contributed by atoms with E-state index in [0.29, 0.717) is 11.6 Å². The van der Waals surface area contributed by atoms with Gasteiger partial charge in [0.2, 0.25) is 0 Å². The Morgan fingerprint density at radius 1 is 1.15 bits per heavy atom. The molecule has 1 aliphatic carbocycles. The molecule has 0 saturated heterocycles. The number of rotatable bonds is 2. The normalized spacial score (nSPS) is 13.9. The lowest BCUT2D eigenvalue weighted by atomic mass is 9.96. The van der Waals surface area contributed by atoms with E-state index in [4.69, 9.17) is 15.5 Å². The van der Waals surface area contributed by atoms with Gasteiger partial charge in [-0.05, 0) is 56.4 Å². The highest BCUT2D eigenvalue weighted by molar-refractivity contribution is 5.61. The summed E-state index contributed by atoms with van der Waals surface area (Å²) in [6.45, 7) is 2.02. The van der Waals surface area contributed by atoms with Crippen LogP contribution in [0, 0.1) is 6.92 Å². The standard InChI is InChI=1S/C16H19N3O/c1-10-9-11(7-8-14(10)20-2)16-18-13-6-4-3-5-12(13)15(17)19-16/h7-9H,3-6H2,1-2H3,(H2,17,18,19). The lowest BCUT2D eigenvalue weighted by Crippen LogP contribution is -2.11. The predicted octanol–water partition coefficient (Wildman–Crippen LogP) is 2.92. The number of methoxy groups -OCH3 is 1. The predicted molar refractivity (Wildman–Crippen MR) is 79.8 cm³/mol. The Hall–Kier alpha value is -2.10. The lowest BCUT2D eigenvalue weighted by Gasteiger charge is -2.17. The molecule has 1 aromatic heterocycles. The van der Waals surface area contributed by atoms with Crippen LogP contribution in [0.4, 0.5) is 5.82 Å². The summed E-state index contributed by atoms with van der Waals surface area (Å²) in [6.07, 6.45) is 4.37. The summed E-state index contributed by atoms with van der Waals surface area (Å²) in [5, 5.41) is 0. The van der Waals surface area contributed by atoms with Crippen molar-refractivity contribution in [3.63, 3.8) is 0 Å². The van der Waals surface area contributed by atoms with Crippen LogP contribution >= 0.6 is 0 Å². The number of ether oxygens (including phenoxy) is 1. The summed E-state index contributed by atoms with van der Waals surface area (Å²) in [5.41, 5.74) is 10.4. The highest BCUT2D eigenvalue weighted by atomic mass is 16.5. The molecule has 0 spiro atoms. The molecule has 0 atom stereocenters. The fourth-order valence-electron chi connectivity index (χ4n) is 2.77. The van der Waals surface area contributed by atoms with Crippen LogP contribution in [-0.4, -0.2) is 17.1 Å². The van der Waals surface area contributed by atoms with E-state index in [0.717, 1.165) is 41.0 Å².